The molecule has 0 spiro atoms. The second kappa shape index (κ2) is 6.32. The number of rotatable bonds is 5. The minimum Gasteiger partial charge on any atom is -0.493 e. The molecule has 7 heteroatoms. The molecule has 1 saturated carbocycles. The van der Waals surface area contributed by atoms with Gasteiger partial charge in [-0.15, -0.1) is 0 Å². The van der Waals surface area contributed by atoms with E-state index < -0.39 is 10.0 Å². The molecule has 1 aromatic rings. The highest BCUT2D eigenvalue weighted by Crippen LogP contribution is 2.35. The van der Waals surface area contributed by atoms with Gasteiger partial charge in [-0.2, -0.15) is 0 Å². The van der Waals surface area contributed by atoms with Crippen molar-refractivity contribution in [2.75, 3.05) is 14.2 Å². The Kier molecular flexibility index (Phi) is 4.93. The van der Waals surface area contributed by atoms with Gasteiger partial charge in [0.1, 0.15) is 4.90 Å². The molecular weight excluding hydrogens is 346 g/mol. The lowest BCUT2D eigenvalue weighted by molar-refractivity contribution is 0.353. The number of sulfonamides is 1. The van der Waals surface area contributed by atoms with Crippen LogP contribution in [0.25, 0.3) is 0 Å². The maximum absolute atomic E-state index is 12.4. The van der Waals surface area contributed by atoms with E-state index in [2.05, 4.69) is 20.7 Å². The van der Waals surface area contributed by atoms with Gasteiger partial charge >= 0.3 is 0 Å². The minimum absolute atomic E-state index is 0.0278. The Morgan fingerprint density at radius 1 is 1.15 bits per heavy atom. The number of methoxy groups -OCH3 is 2. The monoisotopic (exact) mass is 363 g/mol. The van der Waals surface area contributed by atoms with Crippen LogP contribution in [0.15, 0.2) is 21.5 Å². The van der Waals surface area contributed by atoms with Crippen LogP contribution in [0.1, 0.15) is 25.7 Å². The van der Waals surface area contributed by atoms with Crippen molar-refractivity contribution in [2.24, 2.45) is 0 Å². The lowest BCUT2D eigenvalue weighted by Crippen LogP contribution is -2.32. The third-order valence-electron chi connectivity index (χ3n) is 3.40. The Balaban J connectivity index is 2.35. The number of hydrogen-bond acceptors (Lipinski definition) is 4. The summed E-state index contributed by atoms with van der Waals surface area (Å²) in [6.07, 6.45) is 3.93. The summed E-state index contributed by atoms with van der Waals surface area (Å²) in [6, 6.07) is 3.10. The molecule has 0 heterocycles. The summed E-state index contributed by atoms with van der Waals surface area (Å²) in [6.45, 7) is 0. The van der Waals surface area contributed by atoms with E-state index in [0.717, 1.165) is 25.7 Å². The van der Waals surface area contributed by atoms with E-state index in [1.807, 2.05) is 0 Å². The van der Waals surface area contributed by atoms with Crippen LogP contribution < -0.4 is 14.2 Å². The maximum atomic E-state index is 12.4. The predicted octanol–water partition coefficient (Wildman–Crippen LogP) is 2.69. The standard InChI is InChI=1S/C13H18BrNO4S/c1-18-11-7-10(14)13(8-12(11)19-2)20(16,17)15-9-5-3-4-6-9/h7-9,15H,3-6H2,1-2H3. The first-order chi connectivity index (χ1) is 9.47. The van der Waals surface area contributed by atoms with Crippen molar-refractivity contribution in [3.05, 3.63) is 16.6 Å². The molecule has 0 atom stereocenters. The quantitative estimate of drug-likeness (QED) is 0.873. The van der Waals surface area contributed by atoms with Crippen LogP contribution in [0.5, 0.6) is 11.5 Å². The molecule has 0 saturated heterocycles. The summed E-state index contributed by atoms with van der Waals surface area (Å²) in [7, 11) is -0.576. The van der Waals surface area contributed by atoms with Gasteiger partial charge in [0.25, 0.3) is 0 Å². The fourth-order valence-electron chi connectivity index (χ4n) is 2.37. The SMILES string of the molecule is COc1cc(Br)c(S(=O)(=O)NC2CCCC2)cc1OC. The molecule has 0 aliphatic heterocycles. The van der Waals surface area contributed by atoms with Gasteiger partial charge in [-0.05, 0) is 34.8 Å². The average molecular weight is 364 g/mol. The first kappa shape index (κ1) is 15.6. The van der Waals surface area contributed by atoms with Crippen LogP contribution in [-0.2, 0) is 10.0 Å². The first-order valence-corrected chi connectivity index (χ1v) is 8.69. The van der Waals surface area contributed by atoms with E-state index >= 15 is 0 Å². The predicted molar refractivity (Wildman–Crippen MR) is 79.8 cm³/mol. The van der Waals surface area contributed by atoms with Gasteiger partial charge in [0.05, 0.1) is 14.2 Å². The summed E-state index contributed by atoms with van der Waals surface area (Å²) < 4.78 is 38.4. The number of benzene rings is 1. The second-order valence-electron chi connectivity index (χ2n) is 4.74. The Morgan fingerprint density at radius 2 is 1.70 bits per heavy atom. The third kappa shape index (κ3) is 3.27. The lowest BCUT2D eigenvalue weighted by Gasteiger charge is -2.15. The zero-order chi connectivity index (χ0) is 14.8. The molecule has 2 rings (SSSR count). The average Bonchev–Trinajstić information content (AvgIpc) is 2.90. The van der Waals surface area contributed by atoms with Gasteiger partial charge in [-0.25, -0.2) is 13.1 Å². The van der Waals surface area contributed by atoms with Crippen LogP contribution in [0.2, 0.25) is 0 Å². The molecular formula is C13H18BrNO4S. The van der Waals surface area contributed by atoms with Crippen molar-refractivity contribution in [2.45, 2.75) is 36.6 Å². The molecule has 1 fully saturated rings. The van der Waals surface area contributed by atoms with Gasteiger partial charge in [-0.1, -0.05) is 12.8 Å². The molecule has 1 aliphatic carbocycles. The molecule has 20 heavy (non-hydrogen) atoms. The third-order valence-corrected chi connectivity index (χ3v) is 5.88. The van der Waals surface area contributed by atoms with Crippen LogP contribution in [-0.4, -0.2) is 28.7 Å². The zero-order valence-electron chi connectivity index (χ0n) is 11.5. The van der Waals surface area contributed by atoms with E-state index in [1.165, 1.54) is 20.3 Å². The Hall–Kier alpha value is -0.790. The first-order valence-electron chi connectivity index (χ1n) is 6.42. The fraction of sp³-hybridized carbons (Fsp3) is 0.538. The van der Waals surface area contributed by atoms with Gasteiger partial charge in [0.15, 0.2) is 11.5 Å². The topological polar surface area (TPSA) is 64.6 Å². The highest BCUT2D eigenvalue weighted by molar-refractivity contribution is 9.10. The van der Waals surface area contributed by atoms with Crippen LogP contribution in [0, 0.1) is 0 Å². The molecule has 1 aliphatic rings. The number of nitrogens with one attached hydrogen (secondary N) is 1. The summed E-state index contributed by atoms with van der Waals surface area (Å²) in [5, 5.41) is 0. The van der Waals surface area contributed by atoms with E-state index in [1.54, 1.807) is 6.07 Å². The number of halogens is 1. The highest BCUT2D eigenvalue weighted by Gasteiger charge is 2.26. The van der Waals surface area contributed by atoms with Gasteiger partial charge in [-0.3, -0.25) is 0 Å². The Morgan fingerprint density at radius 3 is 2.25 bits per heavy atom. The van der Waals surface area contributed by atoms with Crippen molar-refractivity contribution >= 4 is 26.0 Å². The molecule has 112 valence electrons. The Labute approximate surface area is 127 Å². The minimum atomic E-state index is -3.56. The second-order valence-corrected chi connectivity index (χ2v) is 7.28. The zero-order valence-corrected chi connectivity index (χ0v) is 13.9. The summed E-state index contributed by atoms with van der Waals surface area (Å²) in [4.78, 5) is 0.169. The van der Waals surface area contributed by atoms with Gasteiger partial charge in [0.2, 0.25) is 10.0 Å². The van der Waals surface area contributed by atoms with E-state index in [0.29, 0.717) is 16.0 Å². The van der Waals surface area contributed by atoms with E-state index in [9.17, 15) is 8.42 Å². The van der Waals surface area contributed by atoms with E-state index in [4.69, 9.17) is 9.47 Å². The maximum Gasteiger partial charge on any atom is 0.242 e. The molecule has 0 unspecified atom stereocenters. The molecule has 1 aromatic carbocycles. The highest BCUT2D eigenvalue weighted by atomic mass is 79.9. The largest absolute Gasteiger partial charge is 0.493 e. The molecule has 0 radical (unpaired) electrons. The number of hydrogen-bond donors (Lipinski definition) is 1. The van der Waals surface area contributed by atoms with Gasteiger partial charge < -0.3 is 9.47 Å². The van der Waals surface area contributed by atoms with Crippen molar-refractivity contribution in [1.29, 1.82) is 0 Å². The molecule has 5 nitrogen and oxygen atoms in total. The summed E-state index contributed by atoms with van der Waals surface area (Å²) in [5.74, 6) is 0.877. The fourth-order valence-corrected chi connectivity index (χ4v) is 4.71. The van der Waals surface area contributed by atoms with Crippen LogP contribution in [0.3, 0.4) is 0 Å². The molecule has 0 aromatic heterocycles. The van der Waals surface area contributed by atoms with Crippen LogP contribution in [0.4, 0.5) is 0 Å². The molecule has 0 bridgehead atoms. The van der Waals surface area contributed by atoms with Crippen molar-refractivity contribution < 1.29 is 17.9 Å². The Bertz CT molecular complexity index is 582. The van der Waals surface area contributed by atoms with E-state index in [-0.39, 0.29) is 10.9 Å². The molecule has 1 N–H and O–H groups in total. The number of ether oxygens (including phenoxy) is 2. The normalized spacial score (nSPS) is 16.4. The van der Waals surface area contributed by atoms with Crippen molar-refractivity contribution in [3.8, 4) is 11.5 Å². The smallest absolute Gasteiger partial charge is 0.242 e. The van der Waals surface area contributed by atoms with Crippen molar-refractivity contribution in [1.82, 2.24) is 4.72 Å². The molecule has 0 amide bonds. The van der Waals surface area contributed by atoms with Gasteiger partial charge in [0, 0.05) is 16.6 Å². The summed E-state index contributed by atoms with van der Waals surface area (Å²) >= 11 is 3.28. The van der Waals surface area contributed by atoms with Crippen LogP contribution >= 0.6 is 15.9 Å². The summed E-state index contributed by atoms with van der Waals surface area (Å²) in [5.41, 5.74) is 0. The lowest BCUT2D eigenvalue weighted by atomic mass is 10.3. The van der Waals surface area contributed by atoms with Crippen molar-refractivity contribution in [3.63, 3.8) is 0 Å².